The highest BCUT2D eigenvalue weighted by Gasteiger charge is 2.28. The van der Waals surface area contributed by atoms with Gasteiger partial charge in [-0.25, -0.2) is 0 Å². The van der Waals surface area contributed by atoms with Gasteiger partial charge in [0.2, 0.25) is 0 Å². The number of hydrogen-bond acceptors (Lipinski definition) is 0. The molecule has 0 N–H and O–H groups in total. The Hall–Kier alpha value is -2.22. The van der Waals surface area contributed by atoms with Crippen LogP contribution < -0.4 is 0 Å². The molecule has 1 unspecified atom stereocenters. The Morgan fingerprint density at radius 2 is 1.66 bits per heavy atom. The maximum Gasteiger partial charge on any atom is 0.0589 e. The molecule has 6 rings (SSSR count). The third-order valence-corrected chi connectivity index (χ3v) is 8.54. The van der Waals surface area contributed by atoms with E-state index < -0.39 is 0 Å². The zero-order valence-electron chi connectivity index (χ0n) is 20.0. The number of rotatable bonds is 5. The SMILES string of the molecule is CCCC(CC)n1c2ccccc2c2c3c(ccc21)c1c(n3C2CCCCC2)CCCC1. The summed E-state index contributed by atoms with van der Waals surface area (Å²) in [5.74, 6) is 0. The minimum Gasteiger partial charge on any atom is -0.341 e. The van der Waals surface area contributed by atoms with Crippen molar-refractivity contribution < 1.29 is 0 Å². The van der Waals surface area contributed by atoms with E-state index in [2.05, 4.69) is 59.4 Å². The zero-order valence-corrected chi connectivity index (χ0v) is 20.0. The first-order valence-corrected chi connectivity index (χ1v) is 13.4. The van der Waals surface area contributed by atoms with E-state index in [-0.39, 0.29) is 0 Å². The lowest BCUT2D eigenvalue weighted by molar-refractivity contribution is 0.352. The average molecular weight is 427 g/mol. The van der Waals surface area contributed by atoms with E-state index >= 15 is 0 Å². The molecule has 0 bridgehead atoms. The van der Waals surface area contributed by atoms with E-state index in [1.165, 1.54) is 98.9 Å². The second kappa shape index (κ2) is 8.28. The predicted octanol–water partition coefficient (Wildman–Crippen LogP) is 8.88. The van der Waals surface area contributed by atoms with Gasteiger partial charge in [-0.3, -0.25) is 0 Å². The molecule has 2 heterocycles. The topological polar surface area (TPSA) is 9.86 Å². The van der Waals surface area contributed by atoms with Crippen LogP contribution in [0.15, 0.2) is 36.4 Å². The molecule has 0 radical (unpaired) electrons. The summed E-state index contributed by atoms with van der Waals surface area (Å²) in [7, 11) is 0. The van der Waals surface area contributed by atoms with Gasteiger partial charge in [0.25, 0.3) is 0 Å². The lowest BCUT2D eigenvalue weighted by Crippen LogP contribution is -2.17. The Bertz CT molecular complexity index is 1260. The Labute approximate surface area is 192 Å². The molecule has 0 aliphatic heterocycles. The van der Waals surface area contributed by atoms with Crippen LogP contribution in [-0.2, 0) is 12.8 Å². The maximum atomic E-state index is 2.88. The van der Waals surface area contributed by atoms with Crippen molar-refractivity contribution in [2.24, 2.45) is 0 Å². The van der Waals surface area contributed by atoms with Crippen LogP contribution in [0.1, 0.15) is 101 Å². The van der Waals surface area contributed by atoms with Gasteiger partial charge in [-0.15, -0.1) is 0 Å². The van der Waals surface area contributed by atoms with Crippen molar-refractivity contribution in [3.05, 3.63) is 47.7 Å². The van der Waals surface area contributed by atoms with Gasteiger partial charge in [0.15, 0.2) is 0 Å². The summed E-state index contributed by atoms with van der Waals surface area (Å²) in [4.78, 5) is 0. The van der Waals surface area contributed by atoms with Crippen molar-refractivity contribution in [2.45, 2.75) is 103 Å². The number of aryl methyl sites for hydroxylation is 1. The van der Waals surface area contributed by atoms with Crippen LogP contribution in [0, 0.1) is 0 Å². The quantitative estimate of drug-likeness (QED) is 0.301. The molecule has 168 valence electrons. The number of nitrogens with zero attached hydrogens (tertiary/aromatic N) is 2. The lowest BCUT2D eigenvalue weighted by atomic mass is 9.93. The first kappa shape index (κ1) is 20.4. The van der Waals surface area contributed by atoms with Crippen LogP contribution in [-0.4, -0.2) is 9.13 Å². The summed E-state index contributed by atoms with van der Waals surface area (Å²) in [5.41, 5.74) is 7.83. The Morgan fingerprint density at radius 1 is 0.844 bits per heavy atom. The lowest BCUT2D eigenvalue weighted by Gasteiger charge is -2.28. The fraction of sp³-hybridized carbons (Fsp3) is 0.533. The van der Waals surface area contributed by atoms with Gasteiger partial charge in [0, 0.05) is 39.5 Å². The maximum absolute atomic E-state index is 2.88. The normalized spacial score (nSPS) is 18.6. The summed E-state index contributed by atoms with van der Waals surface area (Å²) < 4.78 is 5.58. The van der Waals surface area contributed by atoms with Crippen LogP contribution in [0.25, 0.3) is 32.7 Å². The number of para-hydroxylation sites is 1. The number of fused-ring (bicyclic) bond motifs is 7. The van der Waals surface area contributed by atoms with Gasteiger partial charge in [0.05, 0.1) is 11.0 Å². The Morgan fingerprint density at radius 3 is 2.47 bits per heavy atom. The Kier molecular flexibility index (Phi) is 5.28. The molecule has 1 atom stereocenters. The highest BCUT2D eigenvalue weighted by atomic mass is 15.1. The molecule has 2 aliphatic carbocycles. The summed E-state index contributed by atoms with van der Waals surface area (Å²) in [5, 5.41) is 4.56. The van der Waals surface area contributed by atoms with Gasteiger partial charge in [0.1, 0.15) is 0 Å². The molecule has 2 aromatic heterocycles. The fourth-order valence-corrected chi connectivity index (χ4v) is 7.13. The van der Waals surface area contributed by atoms with Gasteiger partial charge < -0.3 is 9.13 Å². The molecule has 2 nitrogen and oxygen atoms in total. The van der Waals surface area contributed by atoms with Gasteiger partial charge in [-0.05, 0) is 69.1 Å². The molecule has 0 spiro atoms. The van der Waals surface area contributed by atoms with Crippen molar-refractivity contribution in [3.8, 4) is 0 Å². The minimum absolute atomic E-state index is 0.576. The van der Waals surface area contributed by atoms with Crippen LogP contribution >= 0.6 is 0 Å². The second-order valence-electron chi connectivity index (χ2n) is 10.4. The predicted molar refractivity (Wildman–Crippen MR) is 138 cm³/mol. The molecule has 0 amide bonds. The summed E-state index contributed by atoms with van der Waals surface area (Å²) in [6.07, 6.45) is 15.9. The van der Waals surface area contributed by atoms with E-state index in [0.29, 0.717) is 12.1 Å². The molecule has 2 heteroatoms. The second-order valence-corrected chi connectivity index (χ2v) is 10.4. The zero-order chi connectivity index (χ0) is 21.7. The van der Waals surface area contributed by atoms with Crippen molar-refractivity contribution in [1.29, 1.82) is 0 Å². The van der Waals surface area contributed by atoms with Crippen molar-refractivity contribution in [3.63, 3.8) is 0 Å². The minimum atomic E-state index is 0.576. The van der Waals surface area contributed by atoms with Crippen molar-refractivity contribution >= 4 is 32.7 Å². The first-order chi connectivity index (χ1) is 15.8. The van der Waals surface area contributed by atoms with Gasteiger partial charge in [-0.1, -0.05) is 63.8 Å². The molecule has 1 saturated carbocycles. The third kappa shape index (κ3) is 2.98. The monoisotopic (exact) mass is 426 g/mol. The van der Waals surface area contributed by atoms with Gasteiger partial charge >= 0.3 is 0 Å². The largest absolute Gasteiger partial charge is 0.341 e. The number of aromatic nitrogens is 2. The smallest absolute Gasteiger partial charge is 0.0589 e. The number of hydrogen-bond donors (Lipinski definition) is 0. The molecule has 0 saturated heterocycles. The van der Waals surface area contributed by atoms with Crippen LogP contribution in [0.3, 0.4) is 0 Å². The van der Waals surface area contributed by atoms with E-state index in [9.17, 15) is 0 Å². The molecular formula is C30H38N2. The van der Waals surface area contributed by atoms with E-state index in [1.807, 2.05) is 0 Å². The average Bonchev–Trinajstić information content (AvgIpc) is 3.36. The molecular weight excluding hydrogens is 388 g/mol. The van der Waals surface area contributed by atoms with Crippen molar-refractivity contribution in [2.75, 3.05) is 0 Å². The van der Waals surface area contributed by atoms with Crippen LogP contribution in [0.2, 0.25) is 0 Å². The highest BCUT2D eigenvalue weighted by molar-refractivity contribution is 6.20. The molecule has 2 aromatic carbocycles. The molecule has 4 aromatic rings. The molecule has 1 fully saturated rings. The number of benzene rings is 2. The highest BCUT2D eigenvalue weighted by Crippen LogP contribution is 2.45. The van der Waals surface area contributed by atoms with Crippen LogP contribution in [0.5, 0.6) is 0 Å². The van der Waals surface area contributed by atoms with Gasteiger partial charge in [-0.2, -0.15) is 0 Å². The molecule has 2 aliphatic rings. The summed E-state index contributed by atoms with van der Waals surface area (Å²) in [6.45, 7) is 4.69. The fourth-order valence-electron chi connectivity index (χ4n) is 7.13. The van der Waals surface area contributed by atoms with Crippen molar-refractivity contribution in [1.82, 2.24) is 9.13 Å². The van der Waals surface area contributed by atoms with Crippen LogP contribution in [0.4, 0.5) is 0 Å². The first-order valence-electron chi connectivity index (χ1n) is 13.4. The Balaban J connectivity index is 1.74. The third-order valence-electron chi connectivity index (χ3n) is 8.54. The standard InChI is InChI=1S/C30H38N2/c1-3-12-21(4-2)31-27-18-11-9-16-25(27)29-28(31)20-19-24-23-15-8-10-17-26(23)32(30(24)29)22-13-6-5-7-14-22/h9,11,16,18-22H,3-8,10,12-15,17H2,1-2H3. The summed E-state index contributed by atoms with van der Waals surface area (Å²) in [6, 6.07) is 15.5. The molecule has 32 heavy (non-hydrogen) atoms. The van der Waals surface area contributed by atoms with E-state index in [1.54, 1.807) is 22.2 Å². The summed E-state index contributed by atoms with van der Waals surface area (Å²) >= 11 is 0. The van der Waals surface area contributed by atoms with E-state index in [4.69, 9.17) is 0 Å². The van der Waals surface area contributed by atoms with E-state index in [0.717, 1.165) is 0 Å².